The monoisotopic (exact) mass is 378 g/mol. The fraction of sp³-hybridized carbons (Fsp3) is 0.368. The summed E-state index contributed by atoms with van der Waals surface area (Å²) >= 11 is 0. The molecule has 0 amide bonds. The number of nitrogens with one attached hydrogen (secondary N) is 1. The third-order valence-corrected chi connectivity index (χ3v) is 5.89. The van der Waals surface area contributed by atoms with Gasteiger partial charge in [0.2, 0.25) is 10.0 Å². The average Bonchev–Trinajstić information content (AvgIpc) is 3.11. The summed E-state index contributed by atoms with van der Waals surface area (Å²) in [6, 6.07) is 13.4. The maximum Gasteiger partial charge on any atom is 0.215 e. The summed E-state index contributed by atoms with van der Waals surface area (Å²) in [6.45, 7) is 2.04. The Balaban J connectivity index is 1.54. The van der Waals surface area contributed by atoms with Gasteiger partial charge in [-0.15, -0.1) is 0 Å². The summed E-state index contributed by atoms with van der Waals surface area (Å²) < 4.78 is 45.5. The van der Waals surface area contributed by atoms with E-state index in [9.17, 15) is 12.8 Å². The normalized spacial score (nSPS) is 17.5. The Bertz CT molecular complexity index is 840. The summed E-state index contributed by atoms with van der Waals surface area (Å²) in [5.74, 6) is 0.547. The second-order valence-corrected chi connectivity index (χ2v) is 8.31. The van der Waals surface area contributed by atoms with Crippen molar-refractivity contribution in [2.24, 2.45) is 5.92 Å². The fourth-order valence-corrected chi connectivity index (χ4v) is 4.43. The number of methoxy groups -OCH3 is 1. The van der Waals surface area contributed by atoms with Crippen molar-refractivity contribution < 1.29 is 17.5 Å². The van der Waals surface area contributed by atoms with Gasteiger partial charge in [0.05, 0.1) is 18.6 Å². The van der Waals surface area contributed by atoms with Crippen molar-refractivity contribution in [2.45, 2.75) is 12.2 Å². The zero-order valence-corrected chi connectivity index (χ0v) is 15.5. The standard InChI is InChI=1S/C19H23FN2O3S/c1-25-19-5-3-2-4-18(19)22-11-10-16(13-22)12-21-26(23,24)14-15-6-8-17(20)9-7-15/h2-9,16,21H,10-14H2,1H3. The molecule has 7 heteroatoms. The Labute approximate surface area is 153 Å². The van der Waals surface area contributed by atoms with Crippen LogP contribution in [0.15, 0.2) is 48.5 Å². The highest BCUT2D eigenvalue weighted by atomic mass is 32.2. The minimum atomic E-state index is -3.45. The van der Waals surface area contributed by atoms with Gasteiger partial charge >= 0.3 is 0 Å². The summed E-state index contributed by atoms with van der Waals surface area (Å²) in [7, 11) is -1.80. The number of para-hydroxylation sites is 2. The molecule has 5 nitrogen and oxygen atoms in total. The molecule has 0 radical (unpaired) electrons. The fourth-order valence-electron chi connectivity index (χ4n) is 3.20. The predicted molar refractivity (Wildman–Crippen MR) is 100 cm³/mol. The lowest BCUT2D eigenvalue weighted by atomic mass is 10.1. The van der Waals surface area contributed by atoms with Crippen molar-refractivity contribution >= 4 is 15.7 Å². The Morgan fingerprint density at radius 3 is 2.65 bits per heavy atom. The number of hydrogen-bond acceptors (Lipinski definition) is 4. The van der Waals surface area contributed by atoms with E-state index in [2.05, 4.69) is 9.62 Å². The zero-order chi connectivity index (χ0) is 18.6. The van der Waals surface area contributed by atoms with E-state index in [1.807, 2.05) is 24.3 Å². The van der Waals surface area contributed by atoms with Crippen LogP contribution >= 0.6 is 0 Å². The zero-order valence-electron chi connectivity index (χ0n) is 14.7. The predicted octanol–water partition coefficient (Wildman–Crippen LogP) is 2.78. The molecule has 1 heterocycles. The molecule has 26 heavy (non-hydrogen) atoms. The Kier molecular flexibility index (Phi) is 5.78. The minimum absolute atomic E-state index is 0.143. The molecule has 1 aliphatic heterocycles. The minimum Gasteiger partial charge on any atom is -0.495 e. The van der Waals surface area contributed by atoms with Gasteiger partial charge in [-0.3, -0.25) is 0 Å². The van der Waals surface area contributed by atoms with E-state index in [-0.39, 0.29) is 17.5 Å². The van der Waals surface area contributed by atoms with Gasteiger partial charge in [0.25, 0.3) is 0 Å². The third-order valence-electron chi connectivity index (χ3n) is 4.57. The second kappa shape index (κ2) is 8.05. The molecule has 2 aromatic rings. The molecule has 1 atom stereocenters. The number of ether oxygens (including phenoxy) is 1. The molecule has 1 N–H and O–H groups in total. The van der Waals surface area contributed by atoms with Gasteiger partial charge in [-0.1, -0.05) is 24.3 Å². The quantitative estimate of drug-likeness (QED) is 0.805. The van der Waals surface area contributed by atoms with Gasteiger partial charge in [0.15, 0.2) is 0 Å². The van der Waals surface area contributed by atoms with Crippen molar-refractivity contribution in [1.82, 2.24) is 4.72 Å². The molecule has 0 aromatic heterocycles. The van der Waals surface area contributed by atoms with Gasteiger partial charge in [-0.25, -0.2) is 17.5 Å². The van der Waals surface area contributed by atoms with E-state index in [1.54, 1.807) is 7.11 Å². The maximum atomic E-state index is 12.9. The van der Waals surface area contributed by atoms with E-state index in [0.717, 1.165) is 30.9 Å². The molecular weight excluding hydrogens is 355 g/mol. The first kappa shape index (κ1) is 18.7. The van der Waals surface area contributed by atoms with Crippen LogP contribution in [0.2, 0.25) is 0 Å². The summed E-state index contributed by atoms with van der Waals surface area (Å²) in [4.78, 5) is 2.22. The number of nitrogens with zero attached hydrogens (tertiary/aromatic N) is 1. The van der Waals surface area contributed by atoms with E-state index < -0.39 is 10.0 Å². The van der Waals surface area contributed by atoms with E-state index >= 15 is 0 Å². The van der Waals surface area contributed by atoms with Crippen molar-refractivity contribution in [3.05, 3.63) is 59.9 Å². The molecule has 0 saturated carbocycles. The number of halogens is 1. The molecule has 2 aromatic carbocycles. The molecule has 1 aliphatic rings. The second-order valence-electron chi connectivity index (χ2n) is 6.51. The molecular formula is C19H23FN2O3S. The van der Waals surface area contributed by atoms with Gasteiger partial charge in [-0.05, 0) is 42.2 Å². The highest BCUT2D eigenvalue weighted by molar-refractivity contribution is 7.88. The van der Waals surface area contributed by atoms with Crippen molar-refractivity contribution in [1.29, 1.82) is 0 Å². The molecule has 0 spiro atoms. The summed E-state index contributed by atoms with van der Waals surface area (Å²) in [5, 5.41) is 0. The third kappa shape index (κ3) is 4.74. The van der Waals surface area contributed by atoms with Gasteiger partial charge < -0.3 is 9.64 Å². The highest BCUT2D eigenvalue weighted by Gasteiger charge is 2.25. The van der Waals surface area contributed by atoms with Crippen molar-refractivity contribution in [3.8, 4) is 5.75 Å². The van der Waals surface area contributed by atoms with E-state index in [1.165, 1.54) is 24.3 Å². The molecule has 1 fully saturated rings. The number of benzene rings is 2. The first-order valence-corrected chi connectivity index (χ1v) is 10.2. The summed E-state index contributed by atoms with van der Waals surface area (Å²) in [5.41, 5.74) is 1.60. The molecule has 1 unspecified atom stereocenters. The topological polar surface area (TPSA) is 58.6 Å². The van der Waals surface area contributed by atoms with E-state index in [0.29, 0.717) is 12.1 Å². The largest absolute Gasteiger partial charge is 0.495 e. The number of anilines is 1. The van der Waals surface area contributed by atoms with Gasteiger partial charge in [0.1, 0.15) is 11.6 Å². The Hall–Kier alpha value is -2.12. The van der Waals surface area contributed by atoms with Crippen LogP contribution in [0.4, 0.5) is 10.1 Å². The van der Waals surface area contributed by atoms with Crippen LogP contribution in [-0.4, -0.2) is 35.2 Å². The molecule has 0 bridgehead atoms. The number of hydrogen-bond donors (Lipinski definition) is 1. The van der Waals surface area contributed by atoms with Crippen molar-refractivity contribution in [2.75, 3.05) is 31.6 Å². The first-order chi connectivity index (χ1) is 12.5. The summed E-state index contributed by atoms with van der Waals surface area (Å²) in [6.07, 6.45) is 0.914. The molecule has 140 valence electrons. The molecule has 0 aliphatic carbocycles. The van der Waals surface area contributed by atoms with Crippen LogP contribution in [0, 0.1) is 11.7 Å². The van der Waals surface area contributed by atoms with E-state index in [4.69, 9.17) is 4.74 Å². The maximum absolute atomic E-state index is 12.9. The number of sulfonamides is 1. The van der Waals surface area contributed by atoms with Crippen LogP contribution in [0.3, 0.4) is 0 Å². The van der Waals surface area contributed by atoms with Crippen LogP contribution in [0.1, 0.15) is 12.0 Å². The van der Waals surface area contributed by atoms with Crippen LogP contribution in [0.25, 0.3) is 0 Å². The van der Waals surface area contributed by atoms with Crippen LogP contribution in [-0.2, 0) is 15.8 Å². The Morgan fingerprint density at radius 1 is 1.19 bits per heavy atom. The lowest BCUT2D eigenvalue weighted by molar-refractivity contribution is 0.414. The Morgan fingerprint density at radius 2 is 1.92 bits per heavy atom. The SMILES string of the molecule is COc1ccccc1N1CCC(CNS(=O)(=O)Cc2ccc(F)cc2)C1. The number of rotatable bonds is 7. The van der Waals surface area contributed by atoms with Gasteiger partial charge in [0, 0.05) is 19.6 Å². The van der Waals surface area contributed by atoms with Crippen molar-refractivity contribution in [3.63, 3.8) is 0 Å². The molecule has 3 rings (SSSR count). The van der Waals surface area contributed by atoms with Gasteiger partial charge in [-0.2, -0.15) is 0 Å². The first-order valence-electron chi connectivity index (χ1n) is 8.56. The smallest absolute Gasteiger partial charge is 0.215 e. The lowest BCUT2D eigenvalue weighted by Gasteiger charge is -2.21. The van der Waals surface area contributed by atoms with Crippen LogP contribution < -0.4 is 14.4 Å². The van der Waals surface area contributed by atoms with Crippen LogP contribution in [0.5, 0.6) is 5.75 Å². The molecule has 1 saturated heterocycles. The average molecular weight is 378 g/mol. The highest BCUT2D eigenvalue weighted by Crippen LogP contribution is 2.31. The lowest BCUT2D eigenvalue weighted by Crippen LogP contribution is -2.32.